The lowest BCUT2D eigenvalue weighted by atomic mass is 10.0. The Kier molecular flexibility index (Phi) is 10.5. The van der Waals surface area contributed by atoms with Crippen molar-refractivity contribution in [1.29, 1.82) is 0 Å². The van der Waals surface area contributed by atoms with Crippen LogP contribution < -0.4 is 21.3 Å². The summed E-state index contributed by atoms with van der Waals surface area (Å²) in [6.07, 6.45) is 4.30. The first-order chi connectivity index (χ1) is 20.8. The highest BCUT2D eigenvalue weighted by molar-refractivity contribution is 6.30. The monoisotopic (exact) mass is 602 g/mol. The number of tetrazole rings is 1. The van der Waals surface area contributed by atoms with Crippen LogP contribution in [0.4, 0.5) is 16.2 Å². The van der Waals surface area contributed by atoms with E-state index in [0.29, 0.717) is 27.6 Å². The van der Waals surface area contributed by atoms with Gasteiger partial charge in [-0.2, -0.15) is 4.68 Å². The molecule has 4 amide bonds. The predicted octanol–water partition coefficient (Wildman–Crippen LogP) is 3.29. The van der Waals surface area contributed by atoms with Crippen LogP contribution in [0.1, 0.15) is 17.5 Å². The quantitative estimate of drug-likeness (QED) is 0.153. The fourth-order valence-electron chi connectivity index (χ4n) is 3.91. The summed E-state index contributed by atoms with van der Waals surface area (Å²) in [4.78, 5) is 48.8. The molecule has 0 saturated carbocycles. The molecule has 0 aliphatic rings. The molecule has 1 heterocycles. The molecular formula is C29H27ClN8O5. The first kappa shape index (κ1) is 30.4. The Labute approximate surface area is 250 Å². The number of urea groups is 1. The van der Waals surface area contributed by atoms with Crippen LogP contribution in [0, 0.1) is 0 Å². The molecule has 0 aliphatic heterocycles. The van der Waals surface area contributed by atoms with E-state index in [0.717, 1.165) is 5.56 Å². The molecule has 0 fully saturated rings. The first-order valence-corrected chi connectivity index (χ1v) is 13.4. The normalized spacial score (nSPS) is 11.5. The van der Waals surface area contributed by atoms with Crippen LogP contribution in [0.5, 0.6) is 0 Å². The van der Waals surface area contributed by atoms with Gasteiger partial charge in [0, 0.05) is 41.0 Å². The third kappa shape index (κ3) is 9.50. The van der Waals surface area contributed by atoms with E-state index < -0.39 is 29.9 Å². The van der Waals surface area contributed by atoms with E-state index in [9.17, 15) is 19.2 Å². The molecular weight excluding hydrogens is 576 g/mol. The maximum absolute atomic E-state index is 13.3. The number of carbonyl (C=O) groups is 4. The highest BCUT2D eigenvalue weighted by Crippen LogP contribution is 2.20. The molecule has 1 atom stereocenters. The number of amides is 4. The lowest BCUT2D eigenvalue weighted by Crippen LogP contribution is -2.44. The molecule has 0 aliphatic carbocycles. The van der Waals surface area contributed by atoms with Gasteiger partial charge in [0.05, 0.1) is 12.1 Å². The van der Waals surface area contributed by atoms with Crippen molar-refractivity contribution in [3.8, 4) is 5.69 Å². The number of halogens is 1. The molecule has 0 radical (unpaired) electrons. The van der Waals surface area contributed by atoms with Gasteiger partial charge in [-0.1, -0.05) is 41.9 Å². The Hall–Kier alpha value is -5.56. The number of rotatable bonds is 12. The smallest absolute Gasteiger partial charge is 0.319 e. The first-order valence-electron chi connectivity index (χ1n) is 13.0. The molecule has 1 aromatic heterocycles. The van der Waals surface area contributed by atoms with Gasteiger partial charge >= 0.3 is 12.0 Å². The zero-order valence-corrected chi connectivity index (χ0v) is 23.4. The van der Waals surface area contributed by atoms with Gasteiger partial charge in [0.1, 0.15) is 12.4 Å². The maximum Gasteiger partial charge on any atom is 0.319 e. The summed E-state index contributed by atoms with van der Waals surface area (Å²) in [6, 6.07) is 19.2. The Morgan fingerprint density at radius 3 is 2.35 bits per heavy atom. The largest absolute Gasteiger partial charge is 0.481 e. The predicted molar refractivity (Wildman–Crippen MR) is 160 cm³/mol. The molecule has 3 aromatic carbocycles. The van der Waals surface area contributed by atoms with Crippen molar-refractivity contribution < 1.29 is 24.3 Å². The van der Waals surface area contributed by atoms with E-state index in [4.69, 9.17) is 16.7 Å². The van der Waals surface area contributed by atoms with Crippen molar-refractivity contribution >= 4 is 52.9 Å². The van der Waals surface area contributed by atoms with Crippen LogP contribution >= 0.6 is 11.6 Å². The standard InChI is InChI=1S/C29H27ClN8O5/c30-21-7-12-25(38-18-32-36-37-38)20(17-21)6-13-26(39)35-24(16-19-4-2-1-3-5-19)28(42)33-22-8-10-23(11-9-22)34-29(43)31-15-14-27(40)41/h1-13,17-18,24H,14-16H2,(H,33,42)(H,35,39)(H,40,41)(H2,31,34,43). The lowest BCUT2D eigenvalue weighted by Gasteiger charge is -2.18. The van der Waals surface area contributed by atoms with Crippen LogP contribution in [-0.4, -0.2) is 61.7 Å². The third-order valence-electron chi connectivity index (χ3n) is 5.95. The number of hydrogen-bond donors (Lipinski definition) is 5. The molecule has 0 bridgehead atoms. The van der Waals surface area contributed by atoms with Gasteiger partial charge in [0.15, 0.2) is 0 Å². The highest BCUT2D eigenvalue weighted by Gasteiger charge is 2.21. The number of nitrogens with one attached hydrogen (secondary N) is 4. The molecule has 4 aromatic rings. The van der Waals surface area contributed by atoms with E-state index in [1.165, 1.54) is 17.1 Å². The van der Waals surface area contributed by atoms with E-state index in [-0.39, 0.29) is 19.4 Å². The number of carboxylic acids is 1. The molecule has 5 N–H and O–H groups in total. The SMILES string of the molecule is O=C(O)CCNC(=O)Nc1ccc(NC(=O)C(Cc2ccccc2)NC(=O)C=Cc2cc(Cl)ccc2-n2cnnn2)cc1. The molecule has 220 valence electrons. The molecule has 13 nitrogen and oxygen atoms in total. The van der Waals surface area contributed by atoms with Crippen LogP contribution in [0.2, 0.25) is 5.02 Å². The summed E-state index contributed by atoms with van der Waals surface area (Å²) in [5.74, 6) is -1.98. The molecule has 1 unspecified atom stereocenters. The van der Waals surface area contributed by atoms with Gasteiger partial charge in [0.25, 0.3) is 0 Å². The summed E-state index contributed by atoms with van der Waals surface area (Å²) in [5.41, 5.74) is 2.91. The number of benzene rings is 3. The number of nitrogens with zero attached hydrogens (tertiary/aromatic N) is 4. The molecule has 0 spiro atoms. The third-order valence-corrected chi connectivity index (χ3v) is 6.19. The minimum Gasteiger partial charge on any atom is -0.481 e. The fraction of sp³-hybridized carbons (Fsp3) is 0.138. The second-order valence-electron chi connectivity index (χ2n) is 9.13. The molecule has 4 rings (SSSR count). The van der Waals surface area contributed by atoms with E-state index >= 15 is 0 Å². The van der Waals surface area contributed by atoms with Crippen molar-refractivity contribution in [2.75, 3.05) is 17.2 Å². The summed E-state index contributed by atoms with van der Waals surface area (Å²) < 4.78 is 1.44. The van der Waals surface area contributed by atoms with Crippen molar-refractivity contribution in [2.45, 2.75) is 18.9 Å². The van der Waals surface area contributed by atoms with Gasteiger partial charge in [-0.25, -0.2) is 4.79 Å². The summed E-state index contributed by atoms with van der Waals surface area (Å²) in [5, 5.41) is 30.9. The van der Waals surface area contributed by atoms with Gasteiger partial charge < -0.3 is 26.4 Å². The zero-order chi connectivity index (χ0) is 30.6. The summed E-state index contributed by atoms with van der Waals surface area (Å²) >= 11 is 6.16. The van der Waals surface area contributed by atoms with Crippen LogP contribution in [-0.2, 0) is 20.8 Å². The van der Waals surface area contributed by atoms with E-state index in [2.05, 4.69) is 36.8 Å². The Morgan fingerprint density at radius 1 is 0.953 bits per heavy atom. The maximum atomic E-state index is 13.3. The van der Waals surface area contributed by atoms with E-state index in [1.807, 2.05) is 30.3 Å². The van der Waals surface area contributed by atoms with Gasteiger partial charge in [-0.3, -0.25) is 14.4 Å². The molecule has 0 saturated heterocycles. The number of hydrogen-bond acceptors (Lipinski definition) is 7. The number of carboxylic acid groups (broad SMARTS) is 1. The second kappa shape index (κ2) is 14.9. The zero-order valence-electron chi connectivity index (χ0n) is 22.6. The summed E-state index contributed by atoms with van der Waals surface area (Å²) in [7, 11) is 0. The minimum absolute atomic E-state index is 0.0153. The van der Waals surface area contributed by atoms with Crippen molar-refractivity contribution in [3.05, 3.63) is 101 Å². The Bertz CT molecular complexity index is 1600. The van der Waals surface area contributed by atoms with Gasteiger partial charge in [-0.15, -0.1) is 5.10 Å². The number of anilines is 2. The van der Waals surface area contributed by atoms with Crippen LogP contribution in [0.3, 0.4) is 0 Å². The number of aromatic nitrogens is 4. The Morgan fingerprint density at radius 2 is 1.67 bits per heavy atom. The lowest BCUT2D eigenvalue weighted by molar-refractivity contribution is -0.136. The topological polar surface area (TPSA) is 180 Å². The van der Waals surface area contributed by atoms with Crippen LogP contribution in [0.15, 0.2) is 85.2 Å². The average molecular weight is 603 g/mol. The van der Waals surface area contributed by atoms with Crippen LogP contribution in [0.25, 0.3) is 11.8 Å². The average Bonchev–Trinajstić information content (AvgIpc) is 3.52. The number of carbonyl (C=O) groups excluding carboxylic acids is 3. The van der Waals surface area contributed by atoms with Crippen molar-refractivity contribution in [2.24, 2.45) is 0 Å². The molecule has 43 heavy (non-hydrogen) atoms. The Balaban J connectivity index is 1.43. The fourth-order valence-corrected chi connectivity index (χ4v) is 4.09. The van der Waals surface area contributed by atoms with Crippen molar-refractivity contribution in [1.82, 2.24) is 30.8 Å². The summed E-state index contributed by atoms with van der Waals surface area (Å²) in [6.45, 7) is -0.0153. The van der Waals surface area contributed by atoms with Crippen molar-refractivity contribution in [3.63, 3.8) is 0 Å². The second-order valence-corrected chi connectivity index (χ2v) is 9.57. The van der Waals surface area contributed by atoms with Gasteiger partial charge in [0.2, 0.25) is 11.8 Å². The highest BCUT2D eigenvalue weighted by atomic mass is 35.5. The van der Waals surface area contributed by atoms with Gasteiger partial charge in [-0.05, 0) is 64.5 Å². The number of aliphatic carboxylic acids is 1. The minimum atomic E-state index is -1.02. The van der Waals surface area contributed by atoms with E-state index in [1.54, 1.807) is 48.5 Å². The molecule has 14 heteroatoms.